The van der Waals surface area contributed by atoms with Crippen LogP contribution in [0.5, 0.6) is 5.75 Å². The van der Waals surface area contributed by atoms with E-state index in [1.54, 1.807) is 43.0 Å². The van der Waals surface area contributed by atoms with Crippen molar-refractivity contribution in [3.8, 4) is 22.7 Å². The van der Waals surface area contributed by atoms with Crippen molar-refractivity contribution in [1.29, 1.82) is 0 Å². The smallest absolute Gasteiger partial charge is 0.338 e. The molecule has 1 saturated heterocycles. The van der Waals surface area contributed by atoms with Gasteiger partial charge in [-0.25, -0.2) is 14.5 Å². The van der Waals surface area contributed by atoms with E-state index < -0.39 is 0 Å². The maximum Gasteiger partial charge on any atom is 0.338 e. The van der Waals surface area contributed by atoms with Gasteiger partial charge in [0, 0.05) is 47.5 Å². The number of carbonyl (C=O) groups is 2. The minimum Gasteiger partial charge on any atom is -0.494 e. The molecule has 1 aliphatic heterocycles. The average molecular weight is 637 g/mol. The molecular weight excluding hydrogens is 601 g/mol. The second kappa shape index (κ2) is 14.2. The highest BCUT2D eigenvalue weighted by atomic mass is 35.5. The van der Waals surface area contributed by atoms with Gasteiger partial charge in [-0.2, -0.15) is 5.10 Å². The lowest BCUT2D eigenvalue weighted by Gasteiger charge is -2.26. The first kappa shape index (κ1) is 31.4. The fourth-order valence-electron chi connectivity index (χ4n) is 5.23. The van der Waals surface area contributed by atoms with Crippen molar-refractivity contribution in [1.82, 2.24) is 20.2 Å². The van der Waals surface area contributed by atoms with Gasteiger partial charge in [-0.1, -0.05) is 41.8 Å². The van der Waals surface area contributed by atoms with Crippen molar-refractivity contribution in [3.63, 3.8) is 0 Å². The molecule has 2 heterocycles. The zero-order valence-electron chi connectivity index (χ0n) is 25.0. The molecule has 1 fully saturated rings. The highest BCUT2D eigenvalue weighted by Crippen LogP contribution is 2.38. The third-order valence-corrected chi connectivity index (χ3v) is 8.06. The van der Waals surface area contributed by atoms with Crippen LogP contribution in [0.25, 0.3) is 16.9 Å². The van der Waals surface area contributed by atoms with Gasteiger partial charge in [0.2, 0.25) is 0 Å². The van der Waals surface area contributed by atoms with E-state index in [1.807, 2.05) is 48.3 Å². The molecule has 1 aromatic heterocycles. The molecule has 0 atom stereocenters. The van der Waals surface area contributed by atoms with Gasteiger partial charge < -0.3 is 14.8 Å². The van der Waals surface area contributed by atoms with Crippen LogP contribution in [-0.4, -0.2) is 53.5 Å². The van der Waals surface area contributed by atoms with Gasteiger partial charge in [-0.3, -0.25) is 10.2 Å². The van der Waals surface area contributed by atoms with E-state index in [0.29, 0.717) is 62.7 Å². The van der Waals surface area contributed by atoms with Gasteiger partial charge in [-0.15, -0.1) is 0 Å². The highest BCUT2D eigenvalue weighted by molar-refractivity contribution is 6.36. The van der Waals surface area contributed by atoms with Crippen LogP contribution in [0.1, 0.15) is 58.2 Å². The Kier molecular flexibility index (Phi) is 10.1. The van der Waals surface area contributed by atoms with E-state index in [1.165, 1.54) is 0 Å². The number of carbonyl (C=O) groups excluding carboxylic acids is 2. The number of halogens is 2. The number of nitrogens with zero attached hydrogens (tertiary/aromatic N) is 3. The molecule has 0 spiro atoms. The number of nitrogens with one attached hydrogen (secondary N) is 2. The first-order chi connectivity index (χ1) is 21.3. The summed E-state index contributed by atoms with van der Waals surface area (Å²) < 4.78 is 12.6. The molecule has 3 aromatic carbocycles. The van der Waals surface area contributed by atoms with Crippen molar-refractivity contribution in [2.24, 2.45) is 0 Å². The molecule has 230 valence electrons. The lowest BCUT2D eigenvalue weighted by Crippen LogP contribution is -2.45. The number of rotatable bonds is 10. The van der Waals surface area contributed by atoms with E-state index in [4.69, 9.17) is 37.8 Å². The second-order valence-corrected chi connectivity index (χ2v) is 11.3. The Morgan fingerprint density at radius 3 is 2.41 bits per heavy atom. The van der Waals surface area contributed by atoms with Gasteiger partial charge in [-0.05, 0) is 74.7 Å². The minimum atomic E-state index is -0.340. The molecule has 0 radical (unpaired) electrons. The van der Waals surface area contributed by atoms with Crippen LogP contribution in [0.15, 0.2) is 60.7 Å². The Bertz CT molecular complexity index is 1650. The molecule has 44 heavy (non-hydrogen) atoms. The molecule has 0 aliphatic carbocycles. The number of benzene rings is 3. The molecule has 1 amide bonds. The standard InChI is InChI=1S/C33H35Cl2N5O4/c1-4-44-33(42)23-10-8-22(9-11-23)20-36-25-13-15-28(29(19-25)43-3)40-31(26-14-12-24(34)18-27(26)35)21(2)30(37-40)32(41)38-39-16-6-5-7-17-39/h8-15,18-19,36H,4-7,16-17,20H2,1-3H3,(H,38,41). The largest absolute Gasteiger partial charge is 0.494 e. The van der Waals surface area contributed by atoms with Crippen LogP contribution in [0.2, 0.25) is 10.0 Å². The Balaban J connectivity index is 1.46. The van der Waals surface area contributed by atoms with Crippen molar-refractivity contribution < 1.29 is 19.1 Å². The van der Waals surface area contributed by atoms with E-state index in [0.717, 1.165) is 43.6 Å². The summed E-state index contributed by atoms with van der Waals surface area (Å²) in [5, 5.41) is 11.1. The molecule has 0 saturated carbocycles. The van der Waals surface area contributed by atoms with Gasteiger partial charge in [0.05, 0.1) is 30.0 Å². The van der Waals surface area contributed by atoms with E-state index >= 15 is 0 Å². The predicted octanol–water partition coefficient (Wildman–Crippen LogP) is 7.08. The zero-order chi connectivity index (χ0) is 31.2. The fraction of sp³-hybridized carbons (Fsp3) is 0.303. The summed E-state index contributed by atoms with van der Waals surface area (Å²) in [4.78, 5) is 25.4. The van der Waals surface area contributed by atoms with Crippen LogP contribution in [0.3, 0.4) is 0 Å². The molecule has 0 unspecified atom stereocenters. The number of aromatic nitrogens is 2. The molecule has 5 rings (SSSR count). The molecule has 9 nitrogen and oxygen atoms in total. The van der Waals surface area contributed by atoms with E-state index in [-0.39, 0.29) is 11.9 Å². The Morgan fingerprint density at radius 1 is 0.977 bits per heavy atom. The summed E-state index contributed by atoms with van der Waals surface area (Å²) in [6.45, 7) is 6.12. The molecular formula is C33H35Cl2N5O4. The van der Waals surface area contributed by atoms with Crippen LogP contribution in [0, 0.1) is 6.92 Å². The number of ether oxygens (including phenoxy) is 2. The molecule has 11 heteroatoms. The normalized spacial score (nSPS) is 13.4. The van der Waals surface area contributed by atoms with Crippen LogP contribution in [-0.2, 0) is 11.3 Å². The molecule has 0 bridgehead atoms. The van der Waals surface area contributed by atoms with Gasteiger partial charge in [0.1, 0.15) is 11.4 Å². The predicted molar refractivity (Wildman–Crippen MR) is 173 cm³/mol. The Morgan fingerprint density at radius 2 is 1.73 bits per heavy atom. The van der Waals surface area contributed by atoms with Crippen molar-refractivity contribution in [2.45, 2.75) is 39.7 Å². The third kappa shape index (κ3) is 7.01. The number of piperidine rings is 1. The van der Waals surface area contributed by atoms with E-state index in [9.17, 15) is 9.59 Å². The Hall–Kier alpha value is -4.05. The molecule has 1 aliphatic rings. The van der Waals surface area contributed by atoms with Crippen LogP contribution in [0.4, 0.5) is 5.69 Å². The number of hydrazine groups is 1. The summed E-state index contributed by atoms with van der Waals surface area (Å²) in [6, 6.07) is 18.2. The topological polar surface area (TPSA) is 97.7 Å². The summed E-state index contributed by atoms with van der Waals surface area (Å²) >= 11 is 12.9. The second-order valence-electron chi connectivity index (χ2n) is 10.5. The van der Waals surface area contributed by atoms with Crippen molar-refractivity contribution in [3.05, 3.63) is 93.1 Å². The van der Waals surface area contributed by atoms with E-state index in [2.05, 4.69) is 10.7 Å². The number of hydrogen-bond donors (Lipinski definition) is 2. The first-order valence-corrected chi connectivity index (χ1v) is 15.3. The zero-order valence-corrected chi connectivity index (χ0v) is 26.5. The van der Waals surface area contributed by atoms with Gasteiger partial charge in [0.15, 0.2) is 5.69 Å². The maximum atomic E-state index is 13.5. The number of methoxy groups -OCH3 is 1. The number of hydrogen-bond acceptors (Lipinski definition) is 7. The summed E-state index contributed by atoms with van der Waals surface area (Å²) in [6.07, 6.45) is 3.23. The number of anilines is 1. The molecule has 2 N–H and O–H groups in total. The quantitative estimate of drug-likeness (QED) is 0.180. The average Bonchev–Trinajstić information content (AvgIpc) is 3.37. The van der Waals surface area contributed by atoms with Crippen molar-refractivity contribution in [2.75, 3.05) is 32.1 Å². The summed E-state index contributed by atoms with van der Waals surface area (Å²) in [5.41, 5.74) is 8.32. The van der Waals surface area contributed by atoms with Crippen LogP contribution < -0.4 is 15.5 Å². The number of esters is 1. The summed E-state index contributed by atoms with van der Waals surface area (Å²) in [7, 11) is 1.59. The highest BCUT2D eigenvalue weighted by Gasteiger charge is 2.26. The maximum absolute atomic E-state index is 13.5. The van der Waals surface area contributed by atoms with Crippen molar-refractivity contribution >= 4 is 40.8 Å². The lowest BCUT2D eigenvalue weighted by molar-refractivity contribution is 0.0526. The minimum absolute atomic E-state index is 0.277. The number of amides is 1. The fourth-order valence-corrected chi connectivity index (χ4v) is 5.72. The monoisotopic (exact) mass is 635 g/mol. The lowest BCUT2D eigenvalue weighted by atomic mass is 10.1. The third-order valence-electron chi connectivity index (χ3n) is 7.51. The first-order valence-electron chi connectivity index (χ1n) is 14.6. The van der Waals surface area contributed by atoms with Gasteiger partial charge >= 0.3 is 5.97 Å². The summed E-state index contributed by atoms with van der Waals surface area (Å²) in [5.74, 6) is -0.0715. The molecule has 4 aromatic rings. The SMILES string of the molecule is CCOC(=O)c1ccc(CNc2ccc(-n3nc(C(=O)NN4CCCCC4)c(C)c3-c3ccc(Cl)cc3Cl)c(OC)c2)cc1. The van der Waals surface area contributed by atoms with Crippen LogP contribution >= 0.6 is 23.2 Å². The van der Waals surface area contributed by atoms with Gasteiger partial charge in [0.25, 0.3) is 5.91 Å². The Labute approximate surface area is 267 Å².